The van der Waals surface area contributed by atoms with Gasteiger partial charge >= 0.3 is 0 Å². The number of benzene rings is 1. The van der Waals surface area contributed by atoms with Crippen LogP contribution in [0.15, 0.2) is 30.3 Å². The first-order valence-corrected chi connectivity index (χ1v) is 6.85. The summed E-state index contributed by atoms with van der Waals surface area (Å²) in [7, 11) is 0. The van der Waals surface area contributed by atoms with E-state index in [-0.39, 0.29) is 0 Å². The summed E-state index contributed by atoms with van der Waals surface area (Å²) in [6.07, 6.45) is 2.11. The van der Waals surface area contributed by atoms with Crippen molar-refractivity contribution in [2.75, 3.05) is 18.0 Å². The van der Waals surface area contributed by atoms with Crippen molar-refractivity contribution in [3.8, 4) is 6.07 Å². The predicted octanol–water partition coefficient (Wildman–Crippen LogP) is 3.73. The molecule has 3 heteroatoms. The Balaban J connectivity index is 2.53. The number of nitriles is 1. The Morgan fingerprint density at radius 1 is 1.16 bits per heavy atom. The van der Waals surface area contributed by atoms with Gasteiger partial charge in [-0.25, -0.2) is 4.98 Å². The lowest BCUT2D eigenvalue weighted by molar-refractivity contribution is 0.735. The molecule has 0 unspecified atom stereocenters. The molecule has 19 heavy (non-hydrogen) atoms. The molecular formula is C16H19N3. The number of pyridine rings is 1. The molecular weight excluding hydrogens is 234 g/mol. The van der Waals surface area contributed by atoms with E-state index in [1.807, 2.05) is 30.3 Å². The number of hydrogen-bond donors (Lipinski definition) is 0. The lowest BCUT2D eigenvalue weighted by Gasteiger charge is -2.23. The molecule has 0 atom stereocenters. The molecule has 0 aliphatic carbocycles. The highest BCUT2D eigenvalue weighted by Gasteiger charge is 2.13. The minimum Gasteiger partial charge on any atom is -0.356 e. The summed E-state index contributed by atoms with van der Waals surface area (Å²) in [5.74, 6) is 0.824. The van der Waals surface area contributed by atoms with Crippen LogP contribution in [-0.2, 0) is 0 Å². The SMILES string of the molecule is CCCN(CCC)c1nc2ccccc2cc1C#N. The Morgan fingerprint density at radius 3 is 2.47 bits per heavy atom. The molecule has 1 aromatic carbocycles. The third kappa shape index (κ3) is 2.85. The second kappa shape index (κ2) is 6.19. The molecule has 0 radical (unpaired) electrons. The number of hydrogen-bond acceptors (Lipinski definition) is 3. The molecule has 1 aromatic heterocycles. The van der Waals surface area contributed by atoms with Crippen LogP contribution < -0.4 is 4.90 Å². The van der Waals surface area contributed by atoms with Gasteiger partial charge in [-0.15, -0.1) is 0 Å². The predicted molar refractivity (Wildman–Crippen MR) is 79.3 cm³/mol. The summed E-state index contributed by atoms with van der Waals surface area (Å²) in [5.41, 5.74) is 1.62. The van der Waals surface area contributed by atoms with Gasteiger partial charge in [0.15, 0.2) is 0 Å². The number of anilines is 1. The van der Waals surface area contributed by atoms with E-state index in [0.717, 1.165) is 42.7 Å². The number of nitrogens with zero attached hydrogens (tertiary/aromatic N) is 3. The van der Waals surface area contributed by atoms with Gasteiger partial charge in [-0.05, 0) is 25.0 Å². The Hall–Kier alpha value is -2.08. The average Bonchev–Trinajstić information content (AvgIpc) is 2.45. The molecule has 0 spiro atoms. The fourth-order valence-corrected chi connectivity index (χ4v) is 2.29. The smallest absolute Gasteiger partial charge is 0.147 e. The van der Waals surface area contributed by atoms with Gasteiger partial charge < -0.3 is 4.90 Å². The molecule has 0 aliphatic rings. The van der Waals surface area contributed by atoms with Gasteiger partial charge in [0.05, 0.1) is 11.1 Å². The quantitative estimate of drug-likeness (QED) is 0.815. The average molecular weight is 253 g/mol. The first-order valence-electron chi connectivity index (χ1n) is 6.85. The van der Waals surface area contributed by atoms with Gasteiger partial charge in [-0.3, -0.25) is 0 Å². The molecule has 3 nitrogen and oxygen atoms in total. The molecule has 0 saturated heterocycles. The van der Waals surface area contributed by atoms with Crippen LogP contribution in [0.3, 0.4) is 0 Å². The van der Waals surface area contributed by atoms with Crippen LogP contribution in [0.1, 0.15) is 32.3 Å². The molecule has 0 fully saturated rings. The molecule has 0 aliphatic heterocycles. The molecule has 98 valence electrons. The van der Waals surface area contributed by atoms with E-state index in [9.17, 15) is 5.26 Å². The molecule has 2 aromatic rings. The molecule has 0 amide bonds. The van der Waals surface area contributed by atoms with Crippen molar-refractivity contribution in [1.82, 2.24) is 4.98 Å². The maximum atomic E-state index is 9.35. The zero-order chi connectivity index (χ0) is 13.7. The zero-order valence-electron chi connectivity index (χ0n) is 11.6. The number of rotatable bonds is 5. The third-order valence-electron chi connectivity index (χ3n) is 3.11. The van der Waals surface area contributed by atoms with E-state index in [2.05, 4.69) is 29.8 Å². The summed E-state index contributed by atoms with van der Waals surface area (Å²) in [5, 5.41) is 10.4. The normalized spacial score (nSPS) is 10.4. The lowest BCUT2D eigenvalue weighted by atomic mass is 10.1. The highest BCUT2D eigenvalue weighted by atomic mass is 15.2. The summed E-state index contributed by atoms with van der Waals surface area (Å²) in [6.45, 7) is 6.17. The summed E-state index contributed by atoms with van der Waals surface area (Å²) < 4.78 is 0. The van der Waals surface area contributed by atoms with Gasteiger partial charge in [0.25, 0.3) is 0 Å². The minimum atomic E-state index is 0.667. The number of fused-ring (bicyclic) bond motifs is 1. The Morgan fingerprint density at radius 2 is 1.84 bits per heavy atom. The largest absolute Gasteiger partial charge is 0.356 e. The van der Waals surface area contributed by atoms with Crippen LogP contribution in [0.2, 0.25) is 0 Å². The number of para-hydroxylation sites is 1. The summed E-state index contributed by atoms with van der Waals surface area (Å²) in [4.78, 5) is 6.90. The summed E-state index contributed by atoms with van der Waals surface area (Å²) >= 11 is 0. The van der Waals surface area contributed by atoms with Gasteiger partial charge in [0, 0.05) is 18.5 Å². The lowest BCUT2D eigenvalue weighted by Crippen LogP contribution is -2.26. The van der Waals surface area contributed by atoms with Crippen LogP contribution in [-0.4, -0.2) is 18.1 Å². The second-order valence-corrected chi connectivity index (χ2v) is 4.65. The fraction of sp³-hybridized carbons (Fsp3) is 0.375. The second-order valence-electron chi connectivity index (χ2n) is 4.65. The Labute approximate surface area is 114 Å². The van der Waals surface area contributed by atoms with Crippen LogP contribution >= 0.6 is 0 Å². The van der Waals surface area contributed by atoms with Crippen molar-refractivity contribution in [2.24, 2.45) is 0 Å². The van der Waals surface area contributed by atoms with Gasteiger partial charge in [-0.2, -0.15) is 5.26 Å². The van der Waals surface area contributed by atoms with E-state index in [4.69, 9.17) is 0 Å². The van der Waals surface area contributed by atoms with Crippen molar-refractivity contribution < 1.29 is 0 Å². The maximum Gasteiger partial charge on any atom is 0.147 e. The van der Waals surface area contributed by atoms with Gasteiger partial charge in [-0.1, -0.05) is 32.0 Å². The van der Waals surface area contributed by atoms with Gasteiger partial charge in [0.1, 0.15) is 11.9 Å². The minimum absolute atomic E-state index is 0.667. The maximum absolute atomic E-state index is 9.35. The van der Waals surface area contributed by atoms with Gasteiger partial charge in [0.2, 0.25) is 0 Å². The van der Waals surface area contributed by atoms with Crippen molar-refractivity contribution in [3.05, 3.63) is 35.9 Å². The molecule has 0 bridgehead atoms. The Kier molecular flexibility index (Phi) is 4.35. The third-order valence-corrected chi connectivity index (χ3v) is 3.11. The number of aromatic nitrogens is 1. The monoisotopic (exact) mass is 253 g/mol. The summed E-state index contributed by atoms with van der Waals surface area (Å²) in [6, 6.07) is 12.2. The fourth-order valence-electron chi connectivity index (χ4n) is 2.29. The first-order chi connectivity index (χ1) is 9.30. The molecule has 1 heterocycles. The highest BCUT2D eigenvalue weighted by Crippen LogP contribution is 2.23. The molecule has 2 rings (SSSR count). The van der Waals surface area contributed by atoms with Crippen LogP contribution in [0.25, 0.3) is 10.9 Å². The topological polar surface area (TPSA) is 39.9 Å². The van der Waals surface area contributed by atoms with Crippen molar-refractivity contribution in [2.45, 2.75) is 26.7 Å². The molecule has 0 saturated carbocycles. The van der Waals surface area contributed by atoms with Crippen molar-refractivity contribution in [1.29, 1.82) is 5.26 Å². The first kappa shape index (κ1) is 13.4. The zero-order valence-corrected chi connectivity index (χ0v) is 11.6. The van der Waals surface area contributed by atoms with E-state index < -0.39 is 0 Å². The van der Waals surface area contributed by atoms with Crippen LogP contribution in [0, 0.1) is 11.3 Å². The highest BCUT2D eigenvalue weighted by molar-refractivity contribution is 5.83. The van der Waals surface area contributed by atoms with E-state index in [0.29, 0.717) is 5.56 Å². The van der Waals surface area contributed by atoms with E-state index in [1.165, 1.54) is 0 Å². The van der Waals surface area contributed by atoms with Crippen molar-refractivity contribution in [3.63, 3.8) is 0 Å². The van der Waals surface area contributed by atoms with E-state index >= 15 is 0 Å². The van der Waals surface area contributed by atoms with Crippen LogP contribution in [0.4, 0.5) is 5.82 Å². The Bertz CT molecular complexity index is 592. The van der Waals surface area contributed by atoms with E-state index in [1.54, 1.807) is 0 Å². The van der Waals surface area contributed by atoms with Crippen molar-refractivity contribution >= 4 is 16.7 Å². The van der Waals surface area contributed by atoms with Crippen LogP contribution in [0.5, 0.6) is 0 Å². The standard InChI is InChI=1S/C16H19N3/c1-3-9-19(10-4-2)16-14(12-17)11-13-7-5-6-8-15(13)18-16/h5-8,11H,3-4,9-10H2,1-2H3. The molecule has 0 N–H and O–H groups in total.